The molecule has 0 aliphatic heterocycles. The Hall–Kier alpha value is -2.75. The lowest BCUT2D eigenvalue weighted by molar-refractivity contribution is -0.116. The second-order valence-corrected chi connectivity index (χ2v) is 4.60. The number of rotatable bonds is 5. The van der Waals surface area contributed by atoms with Crippen LogP contribution < -0.4 is 5.32 Å². The molecule has 112 valence electrons. The summed E-state index contributed by atoms with van der Waals surface area (Å²) in [5.74, 6) is -2.00. The summed E-state index contributed by atoms with van der Waals surface area (Å²) < 4.78 is 25.7. The lowest BCUT2D eigenvalue weighted by Crippen LogP contribution is -2.20. The molecule has 2 aromatic carbocycles. The van der Waals surface area contributed by atoms with E-state index in [9.17, 15) is 13.6 Å². The number of hydrogen-bond acceptors (Lipinski definition) is 1. The highest BCUT2D eigenvalue weighted by molar-refractivity contribution is 5.87. The predicted molar refractivity (Wildman–Crippen MR) is 82.8 cm³/mol. The van der Waals surface area contributed by atoms with Gasteiger partial charge in [0.05, 0.1) is 0 Å². The van der Waals surface area contributed by atoms with E-state index >= 15 is 0 Å². The summed E-state index contributed by atoms with van der Waals surface area (Å²) in [6.45, 7) is 0.455. The topological polar surface area (TPSA) is 29.1 Å². The van der Waals surface area contributed by atoms with Crippen LogP contribution in [0.5, 0.6) is 0 Å². The summed E-state index contributed by atoms with van der Waals surface area (Å²) >= 11 is 0. The van der Waals surface area contributed by atoms with Crippen LogP contribution in [0.25, 0.3) is 6.08 Å². The Bertz CT molecular complexity index is 693. The maximum Gasteiger partial charge on any atom is 0.244 e. The van der Waals surface area contributed by atoms with Crippen LogP contribution in [-0.2, 0) is 11.3 Å². The Labute approximate surface area is 127 Å². The summed E-state index contributed by atoms with van der Waals surface area (Å²) in [7, 11) is 0. The third kappa shape index (κ3) is 4.98. The quantitative estimate of drug-likeness (QED) is 0.659. The minimum atomic E-state index is -0.897. The predicted octanol–water partition coefficient (Wildman–Crippen LogP) is 3.85. The second-order valence-electron chi connectivity index (χ2n) is 4.60. The standard InChI is InChI=1S/C18H15F2NO/c19-16-11-10-14(12-17(16)20)6-4-5-9-18(22)21-13-15-7-2-1-3-8-15/h1-12H,13H2,(H,21,22)/b6-4+,9-5+. The molecule has 0 saturated carbocycles. The van der Waals surface area contributed by atoms with Gasteiger partial charge in [0, 0.05) is 12.6 Å². The maximum absolute atomic E-state index is 13.0. The number of halogens is 2. The average molecular weight is 299 g/mol. The second kappa shape index (κ2) is 7.88. The van der Waals surface area contributed by atoms with E-state index in [-0.39, 0.29) is 5.91 Å². The molecule has 0 atom stereocenters. The number of benzene rings is 2. The van der Waals surface area contributed by atoms with E-state index in [2.05, 4.69) is 5.32 Å². The Morgan fingerprint density at radius 1 is 1.00 bits per heavy atom. The van der Waals surface area contributed by atoms with E-state index in [1.165, 1.54) is 12.1 Å². The molecule has 0 aliphatic rings. The van der Waals surface area contributed by atoms with Crippen LogP contribution in [-0.4, -0.2) is 5.91 Å². The van der Waals surface area contributed by atoms with Crippen molar-refractivity contribution in [3.05, 3.63) is 89.5 Å². The van der Waals surface area contributed by atoms with Crippen LogP contribution in [0.3, 0.4) is 0 Å². The van der Waals surface area contributed by atoms with Gasteiger partial charge in [-0.25, -0.2) is 8.78 Å². The molecular weight excluding hydrogens is 284 g/mol. The molecule has 1 N–H and O–H groups in total. The SMILES string of the molecule is O=C(/C=C/C=C/c1ccc(F)c(F)c1)NCc1ccccc1. The molecule has 0 heterocycles. The van der Waals surface area contributed by atoms with Crippen molar-refractivity contribution >= 4 is 12.0 Å². The zero-order valence-corrected chi connectivity index (χ0v) is 11.8. The van der Waals surface area contributed by atoms with E-state index in [0.29, 0.717) is 12.1 Å². The zero-order chi connectivity index (χ0) is 15.8. The van der Waals surface area contributed by atoms with Crippen molar-refractivity contribution in [2.24, 2.45) is 0 Å². The molecule has 0 fully saturated rings. The molecule has 0 aromatic heterocycles. The smallest absolute Gasteiger partial charge is 0.244 e. The van der Waals surface area contributed by atoms with E-state index in [1.807, 2.05) is 30.3 Å². The molecule has 0 radical (unpaired) electrons. The van der Waals surface area contributed by atoms with Crippen LogP contribution >= 0.6 is 0 Å². The van der Waals surface area contributed by atoms with Crippen molar-refractivity contribution in [3.63, 3.8) is 0 Å². The van der Waals surface area contributed by atoms with Gasteiger partial charge in [-0.2, -0.15) is 0 Å². The lowest BCUT2D eigenvalue weighted by Gasteiger charge is -2.01. The van der Waals surface area contributed by atoms with Gasteiger partial charge in [-0.3, -0.25) is 4.79 Å². The number of allylic oxidation sites excluding steroid dienone is 2. The highest BCUT2D eigenvalue weighted by Crippen LogP contribution is 2.09. The van der Waals surface area contributed by atoms with Gasteiger partial charge in [0.1, 0.15) is 0 Å². The molecule has 2 nitrogen and oxygen atoms in total. The number of carbonyl (C=O) groups is 1. The first-order valence-corrected chi connectivity index (χ1v) is 6.77. The molecule has 0 aliphatic carbocycles. The average Bonchev–Trinajstić information content (AvgIpc) is 2.54. The maximum atomic E-state index is 13.0. The van der Waals surface area contributed by atoms with Gasteiger partial charge in [0.15, 0.2) is 11.6 Å². The monoisotopic (exact) mass is 299 g/mol. The number of hydrogen-bond donors (Lipinski definition) is 1. The zero-order valence-electron chi connectivity index (χ0n) is 11.8. The van der Waals surface area contributed by atoms with Crippen molar-refractivity contribution in [3.8, 4) is 0 Å². The first-order valence-electron chi connectivity index (χ1n) is 6.77. The third-order valence-electron chi connectivity index (χ3n) is 2.90. The molecule has 2 rings (SSSR count). The largest absolute Gasteiger partial charge is 0.348 e. The van der Waals surface area contributed by atoms with Gasteiger partial charge in [-0.1, -0.05) is 54.6 Å². The van der Waals surface area contributed by atoms with Gasteiger partial charge in [0.25, 0.3) is 0 Å². The normalized spacial score (nSPS) is 11.2. The van der Waals surface area contributed by atoms with Crippen LogP contribution in [0.2, 0.25) is 0 Å². The van der Waals surface area contributed by atoms with Gasteiger partial charge in [0.2, 0.25) is 5.91 Å². The highest BCUT2D eigenvalue weighted by atomic mass is 19.2. The Balaban J connectivity index is 1.82. The molecule has 4 heteroatoms. The number of nitrogens with one attached hydrogen (secondary N) is 1. The van der Waals surface area contributed by atoms with Crippen molar-refractivity contribution in [1.29, 1.82) is 0 Å². The molecule has 0 spiro atoms. The van der Waals surface area contributed by atoms with Crippen molar-refractivity contribution in [1.82, 2.24) is 5.32 Å². The van der Waals surface area contributed by atoms with Gasteiger partial charge in [-0.15, -0.1) is 0 Å². The molecule has 2 aromatic rings. The van der Waals surface area contributed by atoms with E-state index in [1.54, 1.807) is 18.2 Å². The van der Waals surface area contributed by atoms with E-state index in [4.69, 9.17) is 0 Å². The number of carbonyl (C=O) groups excluding carboxylic acids is 1. The molecule has 0 unspecified atom stereocenters. The fourth-order valence-corrected chi connectivity index (χ4v) is 1.77. The Morgan fingerprint density at radius 2 is 1.77 bits per heavy atom. The number of amides is 1. The van der Waals surface area contributed by atoms with Crippen LogP contribution in [0.1, 0.15) is 11.1 Å². The van der Waals surface area contributed by atoms with E-state index < -0.39 is 11.6 Å². The van der Waals surface area contributed by atoms with Gasteiger partial charge < -0.3 is 5.32 Å². The first-order chi connectivity index (χ1) is 10.6. The molecule has 1 amide bonds. The molecular formula is C18H15F2NO. The van der Waals surface area contributed by atoms with Crippen LogP contribution in [0.15, 0.2) is 66.8 Å². The minimum absolute atomic E-state index is 0.223. The van der Waals surface area contributed by atoms with Crippen molar-refractivity contribution in [2.45, 2.75) is 6.54 Å². The van der Waals surface area contributed by atoms with Crippen molar-refractivity contribution in [2.75, 3.05) is 0 Å². The highest BCUT2D eigenvalue weighted by Gasteiger charge is 1.99. The molecule has 0 bridgehead atoms. The Morgan fingerprint density at radius 3 is 2.50 bits per heavy atom. The van der Waals surface area contributed by atoms with Crippen LogP contribution in [0, 0.1) is 11.6 Å². The van der Waals surface area contributed by atoms with Crippen LogP contribution in [0.4, 0.5) is 8.78 Å². The summed E-state index contributed by atoms with van der Waals surface area (Å²) in [6, 6.07) is 13.2. The molecule has 22 heavy (non-hydrogen) atoms. The fraction of sp³-hybridized carbons (Fsp3) is 0.0556. The summed E-state index contributed by atoms with van der Waals surface area (Å²) in [6.07, 6.45) is 6.10. The summed E-state index contributed by atoms with van der Waals surface area (Å²) in [4.78, 5) is 11.6. The van der Waals surface area contributed by atoms with Gasteiger partial charge in [-0.05, 0) is 23.3 Å². The van der Waals surface area contributed by atoms with Crippen molar-refractivity contribution < 1.29 is 13.6 Å². The molecule has 0 saturated heterocycles. The Kier molecular flexibility index (Phi) is 5.60. The minimum Gasteiger partial charge on any atom is -0.348 e. The summed E-state index contributed by atoms with van der Waals surface area (Å²) in [5, 5.41) is 2.74. The fourth-order valence-electron chi connectivity index (χ4n) is 1.77. The van der Waals surface area contributed by atoms with E-state index in [0.717, 1.165) is 17.7 Å². The first kappa shape index (κ1) is 15.6. The summed E-state index contributed by atoms with van der Waals surface area (Å²) in [5.41, 5.74) is 1.54. The lowest BCUT2D eigenvalue weighted by atomic mass is 10.2. The third-order valence-corrected chi connectivity index (χ3v) is 2.90. The van der Waals surface area contributed by atoms with Gasteiger partial charge >= 0.3 is 0 Å².